The van der Waals surface area contributed by atoms with E-state index in [1.165, 1.54) is 6.20 Å². The van der Waals surface area contributed by atoms with Crippen molar-refractivity contribution in [2.75, 3.05) is 6.79 Å². The van der Waals surface area contributed by atoms with Gasteiger partial charge in [0.15, 0.2) is 11.5 Å². The Morgan fingerprint density at radius 1 is 1.25 bits per heavy atom. The van der Waals surface area contributed by atoms with E-state index >= 15 is 0 Å². The monoisotopic (exact) mass is 216 g/mol. The van der Waals surface area contributed by atoms with E-state index in [0.717, 1.165) is 0 Å². The molecule has 0 saturated heterocycles. The number of hydrogen-bond acceptors (Lipinski definition) is 4. The van der Waals surface area contributed by atoms with Crippen LogP contribution < -0.4 is 15.0 Å². The zero-order valence-electron chi connectivity index (χ0n) is 8.27. The Balaban J connectivity index is 2.15. The van der Waals surface area contributed by atoms with Crippen molar-refractivity contribution in [3.8, 4) is 22.8 Å². The summed E-state index contributed by atoms with van der Waals surface area (Å²) in [7, 11) is 0. The van der Waals surface area contributed by atoms with Crippen molar-refractivity contribution in [1.29, 1.82) is 0 Å². The van der Waals surface area contributed by atoms with Gasteiger partial charge in [-0.2, -0.15) is 0 Å². The lowest BCUT2D eigenvalue weighted by Crippen LogP contribution is -2.09. The number of ether oxygens (including phenoxy) is 2. The molecule has 80 valence electrons. The molecular weight excluding hydrogens is 208 g/mol. The van der Waals surface area contributed by atoms with Crippen LogP contribution in [-0.4, -0.2) is 16.8 Å². The highest BCUT2D eigenvalue weighted by Gasteiger charge is 2.15. The van der Waals surface area contributed by atoms with Crippen LogP contribution in [0.4, 0.5) is 0 Å². The van der Waals surface area contributed by atoms with Gasteiger partial charge in [0.2, 0.25) is 6.79 Å². The SMILES string of the molecule is O=c1[nH]ccnc1-c1ccc2c(c1)OCO2. The highest BCUT2D eigenvalue weighted by molar-refractivity contribution is 5.63. The summed E-state index contributed by atoms with van der Waals surface area (Å²) in [6, 6.07) is 5.30. The quantitative estimate of drug-likeness (QED) is 0.777. The van der Waals surface area contributed by atoms with Crippen LogP contribution in [-0.2, 0) is 0 Å². The molecule has 16 heavy (non-hydrogen) atoms. The molecule has 0 atom stereocenters. The van der Waals surface area contributed by atoms with Gasteiger partial charge in [0.1, 0.15) is 5.69 Å². The standard InChI is InChI=1S/C11H8N2O3/c14-11-10(12-3-4-13-11)7-1-2-8-9(5-7)16-6-15-8/h1-5H,6H2,(H,13,14). The zero-order chi connectivity index (χ0) is 11.0. The van der Waals surface area contributed by atoms with Gasteiger partial charge in [-0.25, -0.2) is 4.98 Å². The number of aromatic nitrogens is 2. The zero-order valence-corrected chi connectivity index (χ0v) is 8.27. The van der Waals surface area contributed by atoms with Crippen LogP contribution in [0.25, 0.3) is 11.3 Å². The van der Waals surface area contributed by atoms with E-state index in [-0.39, 0.29) is 12.4 Å². The van der Waals surface area contributed by atoms with Crippen LogP contribution in [0.15, 0.2) is 35.4 Å². The van der Waals surface area contributed by atoms with Gasteiger partial charge in [0, 0.05) is 18.0 Å². The molecule has 0 saturated carbocycles. The van der Waals surface area contributed by atoms with Crippen LogP contribution in [0.5, 0.6) is 11.5 Å². The molecule has 1 N–H and O–H groups in total. The van der Waals surface area contributed by atoms with Gasteiger partial charge in [-0.1, -0.05) is 0 Å². The molecule has 0 radical (unpaired) electrons. The second kappa shape index (κ2) is 3.37. The smallest absolute Gasteiger partial charge is 0.274 e. The first-order valence-corrected chi connectivity index (χ1v) is 4.78. The third-order valence-corrected chi connectivity index (χ3v) is 2.35. The van der Waals surface area contributed by atoms with Crippen LogP contribution in [0.1, 0.15) is 0 Å². The maximum atomic E-state index is 11.5. The van der Waals surface area contributed by atoms with E-state index in [1.54, 1.807) is 24.4 Å². The summed E-state index contributed by atoms with van der Waals surface area (Å²) in [6.45, 7) is 0.220. The van der Waals surface area contributed by atoms with Gasteiger partial charge >= 0.3 is 0 Å². The number of nitrogens with zero attached hydrogens (tertiary/aromatic N) is 1. The molecule has 0 bridgehead atoms. The Hall–Kier alpha value is -2.30. The molecule has 2 heterocycles. The fourth-order valence-electron chi connectivity index (χ4n) is 1.60. The molecule has 1 aliphatic heterocycles. The lowest BCUT2D eigenvalue weighted by molar-refractivity contribution is 0.174. The van der Waals surface area contributed by atoms with E-state index in [0.29, 0.717) is 22.8 Å². The summed E-state index contributed by atoms with van der Waals surface area (Å²) in [5.74, 6) is 1.33. The first-order chi connectivity index (χ1) is 7.84. The van der Waals surface area contributed by atoms with Gasteiger partial charge in [-0.3, -0.25) is 4.79 Å². The number of aromatic amines is 1. The fourth-order valence-corrected chi connectivity index (χ4v) is 1.60. The molecule has 2 aromatic rings. The van der Waals surface area contributed by atoms with Gasteiger partial charge in [0.05, 0.1) is 0 Å². The number of fused-ring (bicyclic) bond motifs is 1. The number of benzene rings is 1. The molecule has 0 unspecified atom stereocenters. The van der Waals surface area contributed by atoms with Crippen LogP contribution >= 0.6 is 0 Å². The van der Waals surface area contributed by atoms with E-state index in [4.69, 9.17) is 9.47 Å². The van der Waals surface area contributed by atoms with Crippen molar-refractivity contribution in [1.82, 2.24) is 9.97 Å². The van der Waals surface area contributed by atoms with Crippen LogP contribution in [0.3, 0.4) is 0 Å². The van der Waals surface area contributed by atoms with Crippen molar-refractivity contribution in [3.05, 3.63) is 40.9 Å². The molecule has 1 aliphatic rings. The predicted octanol–water partition coefficient (Wildman–Crippen LogP) is 1.17. The van der Waals surface area contributed by atoms with E-state index < -0.39 is 0 Å². The Labute approximate surface area is 90.7 Å². The van der Waals surface area contributed by atoms with E-state index in [2.05, 4.69) is 9.97 Å². The third kappa shape index (κ3) is 1.33. The lowest BCUT2D eigenvalue weighted by Gasteiger charge is -2.00. The minimum Gasteiger partial charge on any atom is -0.454 e. The summed E-state index contributed by atoms with van der Waals surface area (Å²) in [4.78, 5) is 18.1. The molecule has 1 aromatic carbocycles. The molecule has 0 amide bonds. The Bertz CT molecular complexity index is 592. The summed E-state index contributed by atoms with van der Waals surface area (Å²) < 4.78 is 10.4. The molecular formula is C11H8N2O3. The first-order valence-electron chi connectivity index (χ1n) is 4.78. The highest BCUT2D eigenvalue weighted by Crippen LogP contribution is 2.34. The van der Waals surface area contributed by atoms with Crippen molar-refractivity contribution in [2.24, 2.45) is 0 Å². The third-order valence-electron chi connectivity index (χ3n) is 2.35. The largest absolute Gasteiger partial charge is 0.454 e. The summed E-state index contributed by atoms with van der Waals surface area (Å²) in [5.41, 5.74) is 0.869. The van der Waals surface area contributed by atoms with Gasteiger partial charge in [0.25, 0.3) is 5.56 Å². The Morgan fingerprint density at radius 3 is 3.00 bits per heavy atom. The Kier molecular flexibility index (Phi) is 1.89. The summed E-state index contributed by atoms with van der Waals surface area (Å²) in [6.07, 6.45) is 3.04. The first kappa shape index (κ1) is 8.96. The summed E-state index contributed by atoms with van der Waals surface area (Å²) >= 11 is 0. The van der Waals surface area contributed by atoms with Crippen molar-refractivity contribution >= 4 is 0 Å². The molecule has 3 rings (SSSR count). The number of nitrogens with one attached hydrogen (secondary N) is 1. The molecule has 0 spiro atoms. The molecule has 5 nitrogen and oxygen atoms in total. The normalized spacial score (nSPS) is 12.8. The average molecular weight is 216 g/mol. The minimum atomic E-state index is -0.221. The average Bonchev–Trinajstić information content (AvgIpc) is 2.76. The number of hydrogen-bond donors (Lipinski definition) is 1. The fraction of sp³-hybridized carbons (Fsp3) is 0.0909. The maximum Gasteiger partial charge on any atom is 0.274 e. The topological polar surface area (TPSA) is 64.2 Å². The van der Waals surface area contributed by atoms with Crippen molar-refractivity contribution < 1.29 is 9.47 Å². The van der Waals surface area contributed by atoms with E-state index in [1.807, 2.05) is 0 Å². The molecule has 0 fully saturated rings. The Morgan fingerprint density at radius 2 is 2.12 bits per heavy atom. The maximum absolute atomic E-state index is 11.5. The van der Waals surface area contributed by atoms with Gasteiger partial charge < -0.3 is 14.5 Å². The number of H-pyrrole nitrogens is 1. The predicted molar refractivity (Wildman–Crippen MR) is 56.4 cm³/mol. The second-order valence-electron chi connectivity index (χ2n) is 3.33. The van der Waals surface area contributed by atoms with Crippen molar-refractivity contribution in [2.45, 2.75) is 0 Å². The van der Waals surface area contributed by atoms with E-state index in [9.17, 15) is 4.79 Å². The highest BCUT2D eigenvalue weighted by atomic mass is 16.7. The molecule has 0 aliphatic carbocycles. The number of rotatable bonds is 1. The van der Waals surface area contributed by atoms with Gasteiger partial charge in [-0.15, -0.1) is 0 Å². The molecule has 5 heteroatoms. The van der Waals surface area contributed by atoms with Crippen LogP contribution in [0.2, 0.25) is 0 Å². The summed E-state index contributed by atoms with van der Waals surface area (Å²) in [5, 5.41) is 0. The molecule has 1 aromatic heterocycles. The second-order valence-corrected chi connectivity index (χ2v) is 3.33. The minimum absolute atomic E-state index is 0.220. The lowest BCUT2D eigenvalue weighted by atomic mass is 10.1. The van der Waals surface area contributed by atoms with Crippen LogP contribution in [0, 0.1) is 0 Å². The van der Waals surface area contributed by atoms with Crippen molar-refractivity contribution in [3.63, 3.8) is 0 Å². The van der Waals surface area contributed by atoms with Gasteiger partial charge in [-0.05, 0) is 18.2 Å².